The number of nitrogens with one attached hydrogen (secondary N) is 1. The molecular weight excluding hydrogens is 659 g/mol. The number of allylic oxidation sites excluding steroid dienone is 1. The maximum atomic E-state index is 14.2. The Morgan fingerprint density at radius 3 is 1.98 bits per heavy atom. The Morgan fingerprint density at radius 1 is 0.804 bits per heavy atom. The fourth-order valence-corrected chi connectivity index (χ4v) is 7.93. The molecule has 0 radical (unpaired) electrons. The second-order valence-corrected chi connectivity index (χ2v) is 14.4. The van der Waals surface area contributed by atoms with Gasteiger partial charge in [-0.15, -0.1) is 12.6 Å². The second kappa shape index (κ2) is 19.9. The summed E-state index contributed by atoms with van der Waals surface area (Å²) in [5.74, 6) is -0.596. The summed E-state index contributed by atoms with van der Waals surface area (Å²) in [5.41, 5.74) is 5.63. The number of carbonyl (C=O) groups excluding carboxylic acids is 2. The van der Waals surface area contributed by atoms with Gasteiger partial charge in [-0.05, 0) is 62.9 Å². The van der Waals surface area contributed by atoms with E-state index in [4.69, 9.17) is 26.8 Å². The lowest BCUT2D eigenvalue weighted by Crippen LogP contribution is -2.44. The van der Waals surface area contributed by atoms with Crippen LogP contribution in [0.5, 0.6) is 5.75 Å². The molecule has 51 heavy (non-hydrogen) atoms. The van der Waals surface area contributed by atoms with E-state index in [0.717, 1.165) is 47.3 Å². The summed E-state index contributed by atoms with van der Waals surface area (Å²) in [7, 11) is 4.63. The Bertz CT molecular complexity index is 1550. The molecule has 2 aliphatic rings. The van der Waals surface area contributed by atoms with Gasteiger partial charge in [0.05, 0.1) is 49.3 Å². The van der Waals surface area contributed by atoms with E-state index in [2.05, 4.69) is 24.4 Å². The van der Waals surface area contributed by atoms with Gasteiger partial charge in [0.25, 0.3) is 0 Å². The molecule has 0 saturated heterocycles. The van der Waals surface area contributed by atoms with Crippen LogP contribution in [0.1, 0.15) is 127 Å². The van der Waals surface area contributed by atoms with E-state index in [0.29, 0.717) is 35.0 Å². The van der Waals surface area contributed by atoms with Crippen LogP contribution in [0.3, 0.4) is 0 Å². The van der Waals surface area contributed by atoms with Crippen LogP contribution in [0, 0.1) is 6.92 Å². The quantitative estimate of drug-likeness (QED) is 0.0796. The standard InChI is InChI=1S/C42H61N3O5S/c1-8-10-11-12-13-14-15-16-17-18-19-20-21-23-31-24-22-25-34(50-9-2)36(31)37-35(40(46)48-6)30(4)44(5)39(38(37)41(47)49-7)45-33-28-29(3)26-27-32(33)43-42(45)51/h22,24-28,37,42-43,51H,8-21,23H2,1-7H3. The lowest BCUT2D eigenvalue weighted by Gasteiger charge is -2.42. The van der Waals surface area contributed by atoms with Gasteiger partial charge in [-0.3, -0.25) is 4.90 Å². The van der Waals surface area contributed by atoms with Gasteiger partial charge in [-0.2, -0.15) is 0 Å². The molecule has 0 spiro atoms. The predicted molar refractivity (Wildman–Crippen MR) is 211 cm³/mol. The first kappa shape index (κ1) is 40.2. The fraction of sp³-hybridized carbons (Fsp3) is 0.571. The summed E-state index contributed by atoms with van der Waals surface area (Å²) in [6.07, 6.45) is 17.5. The Kier molecular flexibility index (Phi) is 15.7. The van der Waals surface area contributed by atoms with Crippen LogP contribution in [0.4, 0.5) is 11.4 Å². The number of methoxy groups -OCH3 is 2. The van der Waals surface area contributed by atoms with E-state index >= 15 is 0 Å². The van der Waals surface area contributed by atoms with Crippen molar-refractivity contribution in [2.24, 2.45) is 0 Å². The zero-order valence-electron chi connectivity index (χ0n) is 32.1. The molecule has 2 aromatic carbocycles. The molecule has 1 N–H and O–H groups in total. The van der Waals surface area contributed by atoms with Gasteiger partial charge in [0, 0.05) is 18.3 Å². The molecule has 280 valence electrons. The Labute approximate surface area is 312 Å². The number of hydrogen-bond donors (Lipinski definition) is 2. The van der Waals surface area contributed by atoms with E-state index in [9.17, 15) is 9.59 Å². The highest BCUT2D eigenvalue weighted by Crippen LogP contribution is 2.50. The maximum absolute atomic E-state index is 14.2. The number of fused-ring (bicyclic) bond motifs is 1. The number of anilines is 2. The second-order valence-electron chi connectivity index (χ2n) is 13.9. The molecule has 8 nitrogen and oxygen atoms in total. The van der Waals surface area contributed by atoms with Crippen LogP contribution in [0.25, 0.3) is 0 Å². The summed E-state index contributed by atoms with van der Waals surface area (Å²) < 4.78 is 17.2. The topological polar surface area (TPSA) is 80.3 Å². The van der Waals surface area contributed by atoms with Crippen molar-refractivity contribution in [1.82, 2.24) is 4.90 Å². The van der Waals surface area contributed by atoms with Gasteiger partial charge in [0.2, 0.25) is 0 Å². The number of esters is 2. The number of rotatable bonds is 20. The van der Waals surface area contributed by atoms with Crippen LogP contribution >= 0.6 is 12.6 Å². The van der Waals surface area contributed by atoms with Crippen molar-refractivity contribution >= 4 is 35.9 Å². The lowest BCUT2D eigenvalue weighted by molar-refractivity contribution is -0.137. The van der Waals surface area contributed by atoms with E-state index in [1.807, 2.05) is 61.9 Å². The summed E-state index contributed by atoms with van der Waals surface area (Å²) in [4.78, 5) is 31.9. The number of carbonyl (C=O) groups is 2. The maximum Gasteiger partial charge on any atom is 0.338 e. The average molecular weight is 720 g/mol. The van der Waals surface area contributed by atoms with Crippen molar-refractivity contribution in [3.8, 4) is 5.75 Å². The summed E-state index contributed by atoms with van der Waals surface area (Å²) in [6, 6.07) is 12.2. The van der Waals surface area contributed by atoms with Crippen molar-refractivity contribution in [3.05, 3.63) is 75.8 Å². The highest BCUT2D eigenvalue weighted by molar-refractivity contribution is 7.81. The Balaban J connectivity index is 1.67. The number of benzene rings is 2. The number of ether oxygens (including phenoxy) is 3. The molecule has 0 aliphatic carbocycles. The average Bonchev–Trinajstić information content (AvgIpc) is 3.44. The van der Waals surface area contributed by atoms with Crippen LogP contribution < -0.4 is 15.0 Å². The molecule has 0 saturated carbocycles. The first-order valence-electron chi connectivity index (χ1n) is 19.1. The van der Waals surface area contributed by atoms with Gasteiger partial charge in [0.1, 0.15) is 11.6 Å². The fourth-order valence-electron chi connectivity index (χ4n) is 7.56. The van der Waals surface area contributed by atoms with Gasteiger partial charge < -0.3 is 24.4 Å². The predicted octanol–water partition coefficient (Wildman–Crippen LogP) is 10.0. The smallest absolute Gasteiger partial charge is 0.338 e. The Morgan fingerprint density at radius 2 is 1.39 bits per heavy atom. The molecular formula is C42H61N3O5S. The number of unbranched alkanes of at least 4 members (excludes halogenated alkanes) is 12. The van der Waals surface area contributed by atoms with Crippen molar-refractivity contribution in [2.75, 3.05) is 38.1 Å². The SMILES string of the molecule is CCCCCCCCCCCCCCCc1cccc(OCC)c1C1C(C(=O)OC)=C(C)N(C)C(N2c3cc(C)ccc3NC2S)=C1C(=O)OC. The molecule has 4 rings (SSSR count). The van der Waals surface area contributed by atoms with Crippen molar-refractivity contribution in [2.45, 2.75) is 129 Å². The molecule has 0 bridgehead atoms. The molecule has 2 aromatic rings. The first-order chi connectivity index (χ1) is 24.7. The Hall–Kier alpha value is -3.59. The monoisotopic (exact) mass is 719 g/mol. The van der Waals surface area contributed by atoms with Gasteiger partial charge in [0.15, 0.2) is 5.50 Å². The summed E-state index contributed by atoms with van der Waals surface area (Å²) in [5, 5.41) is 3.44. The molecule has 2 aliphatic heterocycles. The highest BCUT2D eigenvalue weighted by atomic mass is 32.1. The summed E-state index contributed by atoms with van der Waals surface area (Å²) >= 11 is 4.94. The molecule has 9 heteroatoms. The van der Waals surface area contributed by atoms with Crippen LogP contribution in [0.2, 0.25) is 0 Å². The minimum absolute atomic E-state index is 0.333. The normalized spacial score (nSPS) is 17.1. The number of nitrogens with zero attached hydrogens (tertiary/aromatic N) is 2. The minimum atomic E-state index is -0.801. The van der Waals surface area contributed by atoms with E-state index in [1.54, 1.807) is 0 Å². The molecule has 2 unspecified atom stereocenters. The molecule has 0 aromatic heterocycles. The number of thiol groups is 1. The number of aryl methyl sites for hydroxylation is 2. The van der Waals surface area contributed by atoms with Crippen molar-refractivity contribution in [3.63, 3.8) is 0 Å². The van der Waals surface area contributed by atoms with Gasteiger partial charge in [-0.25, -0.2) is 9.59 Å². The van der Waals surface area contributed by atoms with Crippen LogP contribution in [0.15, 0.2) is 59.1 Å². The zero-order valence-corrected chi connectivity index (χ0v) is 33.0. The van der Waals surface area contributed by atoms with Crippen molar-refractivity contribution in [1.29, 1.82) is 0 Å². The minimum Gasteiger partial charge on any atom is -0.494 e. The van der Waals surface area contributed by atoms with Crippen molar-refractivity contribution < 1.29 is 23.8 Å². The lowest BCUT2D eigenvalue weighted by atomic mass is 9.77. The van der Waals surface area contributed by atoms with E-state index in [1.165, 1.54) is 84.8 Å². The molecule has 2 atom stereocenters. The van der Waals surface area contributed by atoms with E-state index in [-0.39, 0.29) is 0 Å². The third kappa shape index (κ3) is 9.65. The molecule has 0 amide bonds. The third-order valence-corrected chi connectivity index (χ3v) is 10.7. The third-order valence-electron chi connectivity index (χ3n) is 10.3. The molecule has 2 heterocycles. The largest absolute Gasteiger partial charge is 0.494 e. The zero-order chi connectivity index (χ0) is 36.9. The van der Waals surface area contributed by atoms with Gasteiger partial charge >= 0.3 is 11.9 Å². The highest BCUT2D eigenvalue weighted by Gasteiger charge is 2.46. The van der Waals surface area contributed by atoms with Crippen LogP contribution in [-0.2, 0) is 25.5 Å². The van der Waals surface area contributed by atoms with E-state index < -0.39 is 23.4 Å². The molecule has 0 fully saturated rings. The van der Waals surface area contributed by atoms with Gasteiger partial charge in [-0.1, -0.05) is 102 Å². The summed E-state index contributed by atoms with van der Waals surface area (Å²) in [6.45, 7) is 8.59. The number of hydrogen-bond acceptors (Lipinski definition) is 9. The van der Waals surface area contributed by atoms with Crippen LogP contribution in [-0.4, -0.2) is 50.2 Å². The first-order valence-corrected chi connectivity index (χ1v) is 19.7.